The molecule has 1 amide bonds. The molecule has 0 saturated heterocycles. The Morgan fingerprint density at radius 1 is 1.16 bits per heavy atom. The molecular formula is C12H9F2N3O2. The molecule has 0 fully saturated rings. The predicted molar refractivity (Wildman–Crippen MR) is 63.6 cm³/mol. The van der Waals surface area contributed by atoms with Crippen LogP contribution in [0.5, 0.6) is 11.6 Å². The Morgan fingerprint density at radius 2 is 1.79 bits per heavy atom. The van der Waals surface area contributed by atoms with Gasteiger partial charge >= 0.3 is 0 Å². The Morgan fingerprint density at radius 3 is 2.37 bits per heavy atom. The fourth-order valence-corrected chi connectivity index (χ4v) is 1.42. The van der Waals surface area contributed by atoms with Crippen LogP contribution in [-0.4, -0.2) is 10.9 Å². The van der Waals surface area contributed by atoms with E-state index < -0.39 is 17.5 Å². The highest BCUT2D eigenvalue weighted by molar-refractivity contribution is 5.98. The summed E-state index contributed by atoms with van der Waals surface area (Å²) < 4.78 is 31.1. The number of carbonyl (C=O) groups excluding carboxylic acids is 1. The van der Waals surface area contributed by atoms with Crippen LogP contribution in [0.4, 0.5) is 14.5 Å². The second-order valence-electron chi connectivity index (χ2n) is 3.68. The van der Waals surface area contributed by atoms with Gasteiger partial charge in [-0.05, 0) is 0 Å². The molecule has 2 rings (SSSR count). The largest absolute Gasteiger partial charge is 0.439 e. The number of hydrogen-bond acceptors (Lipinski definition) is 4. The monoisotopic (exact) mass is 265 g/mol. The third-order valence-electron chi connectivity index (χ3n) is 2.23. The first-order valence-corrected chi connectivity index (χ1v) is 5.15. The van der Waals surface area contributed by atoms with Crippen LogP contribution in [0.25, 0.3) is 0 Å². The van der Waals surface area contributed by atoms with Gasteiger partial charge in [0.1, 0.15) is 17.4 Å². The molecule has 0 atom stereocenters. The number of primary amides is 1. The standard InChI is InChI=1S/C12H9F2N3O2/c13-6-1-7(14)3-8(2-6)19-11-4-9(12(16)18)10(15)5-17-11/h1-5H,15H2,(H2,16,18). The molecule has 0 saturated carbocycles. The predicted octanol–water partition coefficient (Wildman–Crippen LogP) is 1.83. The molecule has 7 heteroatoms. The summed E-state index contributed by atoms with van der Waals surface area (Å²) in [6, 6.07) is 3.86. The number of aromatic nitrogens is 1. The molecule has 5 nitrogen and oxygen atoms in total. The maximum absolute atomic E-state index is 13.0. The SMILES string of the molecule is NC(=O)c1cc(Oc2cc(F)cc(F)c2)ncc1N. The Labute approximate surface area is 106 Å². The van der Waals surface area contributed by atoms with Crippen molar-refractivity contribution in [3.63, 3.8) is 0 Å². The van der Waals surface area contributed by atoms with Crippen molar-refractivity contribution in [3.05, 3.63) is 47.7 Å². The van der Waals surface area contributed by atoms with Crippen molar-refractivity contribution in [1.82, 2.24) is 4.98 Å². The van der Waals surface area contributed by atoms with Crippen LogP contribution in [0.3, 0.4) is 0 Å². The van der Waals surface area contributed by atoms with Crippen LogP contribution in [0.2, 0.25) is 0 Å². The van der Waals surface area contributed by atoms with E-state index in [0.29, 0.717) is 6.07 Å². The number of benzene rings is 1. The van der Waals surface area contributed by atoms with Crippen molar-refractivity contribution in [2.45, 2.75) is 0 Å². The van der Waals surface area contributed by atoms with Gasteiger partial charge in [-0.2, -0.15) is 0 Å². The highest BCUT2D eigenvalue weighted by Gasteiger charge is 2.10. The minimum absolute atomic E-state index is 0.0156. The second kappa shape index (κ2) is 4.89. The lowest BCUT2D eigenvalue weighted by Crippen LogP contribution is -2.13. The fourth-order valence-electron chi connectivity index (χ4n) is 1.42. The summed E-state index contributed by atoms with van der Waals surface area (Å²) >= 11 is 0. The van der Waals surface area contributed by atoms with E-state index in [4.69, 9.17) is 16.2 Å². The molecule has 0 radical (unpaired) electrons. The number of carbonyl (C=O) groups is 1. The molecule has 0 bridgehead atoms. The minimum atomic E-state index is -0.791. The van der Waals surface area contributed by atoms with Gasteiger partial charge in [-0.15, -0.1) is 0 Å². The van der Waals surface area contributed by atoms with Gasteiger partial charge in [0.2, 0.25) is 5.88 Å². The van der Waals surface area contributed by atoms with Gasteiger partial charge in [0.05, 0.1) is 17.4 Å². The Bertz CT molecular complexity index is 627. The van der Waals surface area contributed by atoms with E-state index in [9.17, 15) is 13.6 Å². The van der Waals surface area contributed by atoms with Crippen LogP contribution in [-0.2, 0) is 0 Å². The molecule has 1 heterocycles. The number of anilines is 1. The average molecular weight is 265 g/mol. The lowest BCUT2D eigenvalue weighted by molar-refractivity contribution is 0.100. The summed E-state index contributed by atoms with van der Waals surface area (Å²) in [5.41, 5.74) is 10.7. The fraction of sp³-hybridized carbons (Fsp3) is 0. The molecular weight excluding hydrogens is 256 g/mol. The smallest absolute Gasteiger partial charge is 0.251 e. The summed E-state index contributed by atoms with van der Waals surface area (Å²) in [5, 5.41) is 0. The topological polar surface area (TPSA) is 91.2 Å². The summed E-state index contributed by atoms with van der Waals surface area (Å²) in [7, 11) is 0. The van der Waals surface area contributed by atoms with Crippen molar-refractivity contribution in [1.29, 1.82) is 0 Å². The number of amides is 1. The van der Waals surface area contributed by atoms with E-state index in [1.54, 1.807) is 0 Å². The second-order valence-corrected chi connectivity index (χ2v) is 3.68. The lowest BCUT2D eigenvalue weighted by atomic mass is 10.2. The highest BCUT2D eigenvalue weighted by Crippen LogP contribution is 2.24. The zero-order valence-electron chi connectivity index (χ0n) is 9.56. The molecule has 0 aliphatic carbocycles. The Hall–Kier alpha value is -2.70. The highest BCUT2D eigenvalue weighted by atomic mass is 19.1. The van der Waals surface area contributed by atoms with E-state index >= 15 is 0 Å². The van der Waals surface area contributed by atoms with Crippen molar-refractivity contribution >= 4 is 11.6 Å². The number of nitrogens with two attached hydrogens (primary N) is 2. The van der Waals surface area contributed by atoms with Crippen molar-refractivity contribution < 1.29 is 18.3 Å². The summed E-state index contributed by atoms with van der Waals surface area (Å²) in [5.74, 6) is -2.48. The third kappa shape index (κ3) is 2.95. The molecule has 0 spiro atoms. The zero-order chi connectivity index (χ0) is 14.0. The van der Waals surface area contributed by atoms with Gasteiger partial charge < -0.3 is 16.2 Å². The maximum atomic E-state index is 13.0. The van der Waals surface area contributed by atoms with Crippen LogP contribution in [0, 0.1) is 11.6 Å². The van der Waals surface area contributed by atoms with Crippen LogP contribution >= 0.6 is 0 Å². The normalized spacial score (nSPS) is 10.2. The number of hydrogen-bond donors (Lipinski definition) is 2. The van der Waals surface area contributed by atoms with Gasteiger partial charge in [-0.1, -0.05) is 0 Å². The summed E-state index contributed by atoms with van der Waals surface area (Å²) in [6.07, 6.45) is 1.17. The van der Waals surface area contributed by atoms with Gasteiger partial charge in [-0.25, -0.2) is 13.8 Å². The third-order valence-corrected chi connectivity index (χ3v) is 2.23. The first-order chi connectivity index (χ1) is 8.95. The molecule has 1 aromatic carbocycles. The number of rotatable bonds is 3. The van der Waals surface area contributed by atoms with Crippen molar-refractivity contribution in [2.75, 3.05) is 5.73 Å². The molecule has 0 aliphatic heterocycles. The molecule has 98 valence electrons. The molecule has 0 unspecified atom stereocenters. The number of halogens is 2. The molecule has 0 aliphatic rings. The minimum Gasteiger partial charge on any atom is -0.439 e. The van der Waals surface area contributed by atoms with Gasteiger partial charge in [0, 0.05) is 24.3 Å². The number of pyridine rings is 1. The van der Waals surface area contributed by atoms with Crippen molar-refractivity contribution in [2.24, 2.45) is 5.73 Å². The number of nitrogens with zero attached hydrogens (tertiary/aromatic N) is 1. The molecule has 4 N–H and O–H groups in total. The molecule has 1 aromatic heterocycles. The zero-order valence-corrected chi connectivity index (χ0v) is 9.56. The maximum Gasteiger partial charge on any atom is 0.251 e. The molecule has 19 heavy (non-hydrogen) atoms. The Kier molecular flexibility index (Phi) is 3.28. The number of ether oxygens (including phenoxy) is 1. The quantitative estimate of drug-likeness (QED) is 0.885. The molecule has 2 aromatic rings. The number of nitrogen functional groups attached to an aromatic ring is 1. The average Bonchev–Trinajstić information content (AvgIpc) is 2.30. The first kappa shape index (κ1) is 12.7. The van der Waals surface area contributed by atoms with Crippen LogP contribution in [0.1, 0.15) is 10.4 Å². The van der Waals surface area contributed by atoms with E-state index in [1.165, 1.54) is 12.3 Å². The Balaban J connectivity index is 2.33. The van der Waals surface area contributed by atoms with Gasteiger partial charge in [0.25, 0.3) is 5.91 Å². The summed E-state index contributed by atoms with van der Waals surface area (Å²) in [6.45, 7) is 0. The van der Waals surface area contributed by atoms with Gasteiger partial charge in [-0.3, -0.25) is 4.79 Å². The van der Waals surface area contributed by atoms with Gasteiger partial charge in [0.15, 0.2) is 0 Å². The van der Waals surface area contributed by atoms with Crippen molar-refractivity contribution in [3.8, 4) is 11.6 Å². The summed E-state index contributed by atoms with van der Waals surface area (Å²) in [4.78, 5) is 14.8. The van der Waals surface area contributed by atoms with E-state index in [0.717, 1.165) is 12.1 Å². The lowest BCUT2D eigenvalue weighted by Gasteiger charge is -2.07. The van der Waals surface area contributed by atoms with Crippen LogP contribution in [0.15, 0.2) is 30.5 Å². The first-order valence-electron chi connectivity index (χ1n) is 5.15. The van der Waals surface area contributed by atoms with E-state index in [2.05, 4.69) is 4.98 Å². The van der Waals surface area contributed by atoms with E-state index in [-0.39, 0.29) is 22.9 Å². The van der Waals surface area contributed by atoms with E-state index in [1.807, 2.05) is 0 Å². The van der Waals surface area contributed by atoms with Crippen LogP contribution < -0.4 is 16.2 Å².